The molecular weight excluding hydrogens is 250 g/mol. The van der Waals surface area contributed by atoms with E-state index in [0.717, 1.165) is 0 Å². The third kappa shape index (κ3) is 3.50. The van der Waals surface area contributed by atoms with Gasteiger partial charge in [0.05, 0.1) is 17.1 Å². The highest BCUT2D eigenvalue weighted by Crippen LogP contribution is 2.31. The lowest BCUT2D eigenvalue weighted by atomic mass is 10.0. The van der Waals surface area contributed by atoms with Gasteiger partial charge in [-0.05, 0) is 20.3 Å². The topological polar surface area (TPSA) is 113 Å². The summed E-state index contributed by atoms with van der Waals surface area (Å²) in [6.07, 6.45) is 1.85. The highest BCUT2D eigenvalue weighted by atomic mass is 16.6. The Bertz CT molecular complexity index is 448. The average molecular weight is 269 g/mol. The summed E-state index contributed by atoms with van der Waals surface area (Å²) in [5.41, 5.74) is -0.875. The molecule has 0 bridgehead atoms. The highest BCUT2D eigenvalue weighted by molar-refractivity contribution is 5.69. The summed E-state index contributed by atoms with van der Waals surface area (Å²) in [5, 5.41) is 26.3. The summed E-state index contributed by atoms with van der Waals surface area (Å²) in [6.45, 7) is 5.83. The third-order valence-corrected chi connectivity index (χ3v) is 2.90. The average Bonchev–Trinajstić information content (AvgIpc) is 2.39. The minimum atomic E-state index is -0.664. The van der Waals surface area contributed by atoms with Crippen molar-refractivity contribution in [3.8, 4) is 0 Å². The largest absolute Gasteiger partial charge is 0.394 e. The second-order valence-corrected chi connectivity index (χ2v) is 4.40. The Morgan fingerprint density at radius 1 is 1.42 bits per heavy atom. The monoisotopic (exact) mass is 269 g/mol. The van der Waals surface area contributed by atoms with E-state index in [2.05, 4.69) is 20.6 Å². The first kappa shape index (κ1) is 15.1. The fourth-order valence-electron chi connectivity index (χ4n) is 1.47. The molecule has 1 aromatic heterocycles. The maximum absolute atomic E-state index is 11.2. The molecule has 19 heavy (non-hydrogen) atoms. The number of nitrogens with zero attached hydrogens (tertiary/aromatic N) is 3. The third-order valence-electron chi connectivity index (χ3n) is 2.90. The van der Waals surface area contributed by atoms with Gasteiger partial charge in [0, 0.05) is 6.54 Å². The van der Waals surface area contributed by atoms with Crippen LogP contribution < -0.4 is 10.6 Å². The standard InChI is InChI=1S/C11H19N5O3/c1-4-11(3,6-17)15-10-8(16(18)19)9(12-5-2)13-7-14-10/h7,17H,4-6H2,1-3H3,(H2,12,13,14,15). The van der Waals surface area contributed by atoms with Gasteiger partial charge in [-0.2, -0.15) is 0 Å². The lowest BCUT2D eigenvalue weighted by Crippen LogP contribution is -2.38. The maximum atomic E-state index is 11.2. The molecule has 0 aliphatic heterocycles. The molecule has 3 N–H and O–H groups in total. The maximum Gasteiger partial charge on any atom is 0.353 e. The Kier molecular flexibility index (Phi) is 4.99. The van der Waals surface area contributed by atoms with Crippen molar-refractivity contribution in [2.24, 2.45) is 0 Å². The fourth-order valence-corrected chi connectivity index (χ4v) is 1.47. The van der Waals surface area contributed by atoms with Crippen molar-refractivity contribution in [1.82, 2.24) is 9.97 Å². The van der Waals surface area contributed by atoms with Crippen LogP contribution in [0.15, 0.2) is 6.33 Å². The number of anilines is 2. The van der Waals surface area contributed by atoms with Gasteiger partial charge in [0.15, 0.2) is 0 Å². The molecular formula is C11H19N5O3. The molecule has 0 aliphatic carbocycles. The van der Waals surface area contributed by atoms with Crippen LogP contribution in [0.4, 0.5) is 17.3 Å². The molecule has 1 heterocycles. The van der Waals surface area contributed by atoms with Gasteiger partial charge in [0.25, 0.3) is 0 Å². The lowest BCUT2D eigenvalue weighted by molar-refractivity contribution is -0.383. The Hall–Kier alpha value is -1.96. The summed E-state index contributed by atoms with van der Waals surface area (Å²) in [4.78, 5) is 18.4. The Morgan fingerprint density at radius 3 is 2.53 bits per heavy atom. The molecule has 0 fully saturated rings. The van der Waals surface area contributed by atoms with E-state index in [1.807, 2.05) is 13.8 Å². The predicted octanol–water partition coefficient (Wildman–Crippen LogP) is 1.39. The Morgan fingerprint density at radius 2 is 2.05 bits per heavy atom. The molecule has 1 aromatic rings. The Labute approximate surface area is 111 Å². The minimum absolute atomic E-state index is 0.106. The number of nitrogens with one attached hydrogen (secondary N) is 2. The quantitative estimate of drug-likeness (QED) is 0.506. The van der Waals surface area contributed by atoms with E-state index >= 15 is 0 Å². The molecule has 8 nitrogen and oxygen atoms in total. The van der Waals surface area contributed by atoms with Gasteiger partial charge in [-0.15, -0.1) is 0 Å². The fraction of sp³-hybridized carbons (Fsp3) is 0.636. The van der Waals surface area contributed by atoms with E-state index in [-0.39, 0.29) is 23.9 Å². The SMILES string of the molecule is CCNc1ncnc(NC(C)(CC)CO)c1[N+](=O)[O-]. The van der Waals surface area contributed by atoms with Crippen molar-refractivity contribution in [2.45, 2.75) is 32.7 Å². The zero-order valence-electron chi connectivity index (χ0n) is 11.3. The smallest absolute Gasteiger partial charge is 0.353 e. The van der Waals surface area contributed by atoms with Crippen LogP contribution in [-0.2, 0) is 0 Å². The lowest BCUT2D eigenvalue weighted by Gasteiger charge is -2.27. The molecule has 1 unspecified atom stereocenters. The van der Waals surface area contributed by atoms with Crippen LogP contribution in [0, 0.1) is 10.1 Å². The van der Waals surface area contributed by atoms with Crippen LogP contribution in [0.1, 0.15) is 27.2 Å². The summed E-state index contributed by atoms with van der Waals surface area (Å²) in [7, 11) is 0. The molecule has 106 valence electrons. The van der Waals surface area contributed by atoms with Gasteiger partial charge < -0.3 is 15.7 Å². The number of aromatic nitrogens is 2. The number of aliphatic hydroxyl groups excluding tert-OH is 1. The molecule has 0 aliphatic rings. The van der Waals surface area contributed by atoms with E-state index in [1.165, 1.54) is 6.33 Å². The molecule has 0 saturated carbocycles. The predicted molar refractivity (Wildman–Crippen MR) is 72.3 cm³/mol. The number of aliphatic hydroxyl groups is 1. The van der Waals surface area contributed by atoms with Gasteiger partial charge in [0.1, 0.15) is 6.33 Å². The number of hydrogen-bond acceptors (Lipinski definition) is 7. The van der Waals surface area contributed by atoms with Gasteiger partial charge in [-0.25, -0.2) is 9.97 Å². The van der Waals surface area contributed by atoms with Crippen LogP contribution in [0.5, 0.6) is 0 Å². The summed E-state index contributed by atoms with van der Waals surface area (Å²) in [6, 6.07) is 0. The van der Waals surface area contributed by atoms with Crippen LogP contribution in [-0.4, -0.2) is 38.7 Å². The van der Waals surface area contributed by atoms with Crippen LogP contribution in [0.25, 0.3) is 0 Å². The summed E-state index contributed by atoms with van der Waals surface area (Å²) < 4.78 is 0. The normalized spacial score (nSPS) is 13.7. The van der Waals surface area contributed by atoms with Crippen molar-refractivity contribution in [2.75, 3.05) is 23.8 Å². The molecule has 0 amide bonds. The van der Waals surface area contributed by atoms with Crippen molar-refractivity contribution < 1.29 is 10.0 Å². The van der Waals surface area contributed by atoms with E-state index in [0.29, 0.717) is 13.0 Å². The van der Waals surface area contributed by atoms with Crippen molar-refractivity contribution >= 4 is 17.3 Å². The van der Waals surface area contributed by atoms with Crippen LogP contribution in [0.2, 0.25) is 0 Å². The van der Waals surface area contributed by atoms with Crippen LogP contribution in [0.3, 0.4) is 0 Å². The summed E-state index contributed by atoms with van der Waals surface area (Å²) >= 11 is 0. The van der Waals surface area contributed by atoms with Gasteiger partial charge in [0.2, 0.25) is 11.6 Å². The summed E-state index contributed by atoms with van der Waals surface area (Å²) in [5.74, 6) is 0.274. The number of hydrogen-bond donors (Lipinski definition) is 3. The van der Waals surface area contributed by atoms with Crippen molar-refractivity contribution in [1.29, 1.82) is 0 Å². The van der Waals surface area contributed by atoms with E-state index in [9.17, 15) is 15.2 Å². The molecule has 0 radical (unpaired) electrons. The van der Waals surface area contributed by atoms with Gasteiger partial charge in [-0.3, -0.25) is 10.1 Å². The van der Waals surface area contributed by atoms with E-state index in [1.54, 1.807) is 6.92 Å². The first-order valence-electron chi connectivity index (χ1n) is 6.09. The minimum Gasteiger partial charge on any atom is -0.394 e. The highest BCUT2D eigenvalue weighted by Gasteiger charge is 2.28. The first-order chi connectivity index (χ1) is 8.97. The molecule has 0 aromatic carbocycles. The molecule has 1 atom stereocenters. The Balaban J connectivity index is 3.20. The zero-order chi connectivity index (χ0) is 14.5. The van der Waals surface area contributed by atoms with Crippen molar-refractivity contribution in [3.63, 3.8) is 0 Å². The van der Waals surface area contributed by atoms with E-state index < -0.39 is 10.5 Å². The van der Waals surface area contributed by atoms with Gasteiger partial charge in [-0.1, -0.05) is 6.92 Å². The van der Waals surface area contributed by atoms with E-state index in [4.69, 9.17) is 0 Å². The molecule has 0 spiro atoms. The number of rotatable bonds is 7. The second kappa shape index (κ2) is 6.28. The first-order valence-corrected chi connectivity index (χ1v) is 6.09. The number of nitro groups is 1. The molecule has 8 heteroatoms. The molecule has 0 saturated heterocycles. The van der Waals surface area contributed by atoms with Crippen LogP contribution >= 0.6 is 0 Å². The molecule has 1 rings (SSSR count). The second-order valence-electron chi connectivity index (χ2n) is 4.40. The van der Waals surface area contributed by atoms with Crippen molar-refractivity contribution in [3.05, 3.63) is 16.4 Å². The van der Waals surface area contributed by atoms with Gasteiger partial charge >= 0.3 is 5.69 Å². The zero-order valence-corrected chi connectivity index (χ0v) is 11.3.